The van der Waals surface area contributed by atoms with Gasteiger partial charge in [0.05, 0.1) is 22.8 Å². The standard InChI is InChI=1S/C46H33N5O2/c52-42(53)28-47-33-19-11-10-18-32(33)46-40-26-24-38(50-40)44(30-14-6-2-7-15-30)36-22-20-34(48-36)43(29-12-4-1-5-13-29)35-21-23-37(49-35)45(31-16-8-3-9-17-31)39-25-27-41(46)51-39/h1-27,47-48,51H,28H2,(H,52,53). The molecule has 0 saturated heterocycles. The molecule has 7 nitrogen and oxygen atoms in total. The lowest BCUT2D eigenvalue weighted by Gasteiger charge is -2.12. The Balaban J connectivity index is 1.46. The van der Waals surface area contributed by atoms with Crippen molar-refractivity contribution < 1.29 is 9.90 Å². The molecule has 53 heavy (non-hydrogen) atoms. The number of carboxylic acid groups (broad SMARTS) is 1. The maximum Gasteiger partial charge on any atom is 0.322 e. The minimum atomic E-state index is -0.942. The van der Waals surface area contributed by atoms with Gasteiger partial charge < -0.3 is 20.4 Å². The highest BCUT2D eigenvalue weighted by Gasteiger charge is 2.20. The molecule has 5 heterocycles. The lowest BCUT2D eigenvalue weighted by Crippen LogP contribution is -2.12. The van der Waals surface area contributed by atoms with Gasteiger partial charge in [-0.15, -0.1) is 0 Å². The summed E-state index contributed by atoms with van der Waals surface area (Å²) < 4.78 is 0. The zero-order chi connectivity index (χ0) is 35.7. The van der Waals surface area contributed by atoms with Crippen LogP contribution in [0.2, 0.25) is 0 Å². The van der Waals surface area contributed by atoms with Gasteiger partial charge in [-0.3, -0.25) is 4.79 Å². The second-order valence-electron chi connectivity index (χ2n) is 12.9. The molecule has 0 atom stereocenters. The van der Waals surface area contributed by atoms with Crippen molar-refractivity contribution in [2.24, 2.45) is 0 Å². The Bertz CT molecular complexity index is 2710. The molecule has 3 aromatic heterocycles. The largest absolute Gasteiger partial charge is 0.480 e. The smallest absolute Gasteiger partial charge is 0.322 e. The van der Waals surface area contributed by atoms with Crippen molar-refractivity contribution in [2.45, 2.75) is 0 Å². The molecule has 4 N–H and O–H groups in total. The summed E-state index contributed by atoms with van der Waals surface area (Å²) in [4.78, 5) is 29.9. The number of anilines is 1. The number of H-pyrrole nitrogens is 2. The number of carboxylic acids is 1. The van der Waals surface area contributed by atoms with Crippen molar-refractivity contribution in [3.05, 3.63) is 162 Å². The Hall–Kier alpha value is -7.25. The molecule has 0 radical (unpaired) electrons. The molecular weight excluding hydrogens is 655 g/mol. The second-order valence-corrected chi connectivity index (χ2v) is 12.9. The van der Waals surface area contributed by atoms with Crippen LogP contribution in [0.25, 0.3) is 90.9 Å². The molecule has 0 saturated carbocycles. The number of hydrogen-bond acceptors (Lipinski definition) is 4. The van der Waals surface area contributed by atoms with Crippen molar-refractivity contribution in [1.82, 2.24) is 19.9 Å². The van der Waals surface area contributed by atoms with Crippen molar-refractivity contribution in [1.29, 1.82) is 0 Å². The van der Waals surface area contributed by atoms with E-state index in [-0.39, 0.29) is 6.54 Å². The van der Waals surface area contributed by atoms with Crippen LogP contribution in [0.4, 0.5) is 5.69 Å². The van der Waals surface area contributed by atoms with Gasteiger partial charge in [0.25, 0.3) is 0 Å². The Morgan fingerprint density at radius 1 is 0.472 bits per heavy atom. The molecule has 0 fully saturated rings. The van der Waals surface area contributed by atoms with E-state index in [0.717, 1.165) is 89.4 Å². The summed E-state index contributed by atoms with van der Waals surface area (Å²) in [5.74, 6) is -0.942. The van der Waals surface area contributed by atoms with Gasteiger partial charge in [-0.25, -0.2) is 9.97 Å². The first kappa shape index (κ1) is 31.7. The number of hydrogen-bond donors (Lipinski definition) is 4. The summed E-state index contributed by atoms with van der Waals surface area (Å²) in [5.41, 5.74) is 15.2. The average Bonchev–Trinajstić information content (AvgIpc) is 4.04. The number of aromatic amines is 2. The summed E-state index contributed by atoms with van der Waals surface area (Å²) in [5, 5.41) is 12.7. The van der Waals surface area contributed by atoms with Crippen LogP contribution in [-0.2, 0) is 4.79 Å². The number of aliphatic carboxylic acids is 1. The first-order valence-electron chi connectivity index (χ1n) is 17.5. The molecule has 7 aromatic rings. The quantitative estimate of drug-likeness (QED) is 0.133. The Kier molecular flexibility index (Phi) is 8.06. The average molecular weight is 688 g/mol. The zero-order valence-corrected chi connectivity index (χ0v) is 28.5. The molecule has 2 aliphatic rings. The molecule has 0 spiro atoms. The Morgan fingerprint density at radius 2 is 0.830 bits per heavy atom. The molecule has 0 amide bonds. The summed E-state index contributed by atoms with van der Waals surface area (Å²) >= 11 is 0. The van der Waals surface area contributed by atoms with Crippen molar-refractivity contribution in [2.75, 3.05) is 11.9 Å². The number of para-hydroxylation sites is 1. The van der Waals surface area contributed by atoms with Gasteiger partial charge in [0.2, 0.25) is 0 Å². The van der Waals surface area contributed by atoms with Crippen LogP contribution in [0.5, 0.6) is 0 Å². The molecule has 0 aliphatic carbocycles. The summed E-state index contributed by atoms with van der Waals surface area (Å²) in [6.45, 7) is -0.222. The highest BCUT2D eigenvalue weighted by Crippen LogP contribution is 2.39. The fourth-order valence-corrected chi connectivity index (χ4v) is 7.24. The molecule has 8 bridgehead atoms. The molecule has 4 aromatic carbocycles. The molecule has 0 unspecified atom stereocenters. The second kappa shape index (κ2) is 13.5. The van der Waals surface area contributed by atoms with Gasteiger partial charge in [-0.05, 0) is 71.3 Å². The summed E-state index contributed by atoms with van der Waals surface area (Å²) in [6.07, 6.45) is 8.28. The van der Waals surface area contributed by atoms with E-state index in [1.54, 1.807) is 0 Å². The highest BCUT2D eigenvalue weighted by atomic mass is 16.4. The van der Waals surface area contributed by atoms with E-state index in [0.29, 0.717) is 5.69 Å². The van der Waals surface area contributed by atoms with Crippen molar-refractivity contribution in [3.63, 3.8) is 0 Å². The number of fused-ring (bicyclic) bond motifs is 8. The molecule has 2 aliphatic heterocycles. The zero-order valence-electron chi connectivity index (χ0n) is 28.5. The number of carbonyl (C=O) groups is 1. The molecule has 9 rings (SSSR count). The number of benzene rings is 4. The highest BCUT2D eigenvalue weighted by molar-refractivity contribution is 6.01. The normalized spacial score (nSPS) is 11.8. The SMILES string of the molecule is O=C(O)CNc1ccccc1-c1c2nc(c(-c3ccccc3)c3ccc([nH]3)c(-c3ccccc3)c3nc(c(-c4ccccc4)c4ccc1[nH]4)C=C3)C=C2. The van der Waals surface area contributed by atoms with Gasteiger partial charge in [-0.1, -0.05) is 109 Å². The van der Waals surface area contributed by atoms with Gasteiger partial charge in [0.1, 0.15) is 6.54 Å². The lowest BCUT2D eigenvalue weighted by atomic mass is 10.0. The van der Waals surface area contributed by atoms with Gasteiger partial charge in [0, 0.05) is 55.6 Å². The first-order chi connectivity index (χ1) is 26.1. The Labute approximate surface area is 305 Å². The van der Waals surface area contributed by atoms with Crippen LogP contribution < -0.4 is 5.32 Å². The van der Waals surface area contributed by atoms with E-state index >= 15 is 0 Å². The van der Waals surface area contributed by atoms with Gasteiger partial charge in [0.15, 0.2) is 0 Å². The molecule has 254 valence electrons. The van der Waals surface area contributed by atoms with E-state index in [1.807, 2.05) is 72.8 Å². The number of nitrogens with zero attached hydrogens (tertiary/aromatic N) is 2. The number of nitrogens with one attached hydrogen (secondary N) is 3. The van der Waals surface area contributed by atoms with E-state index in [1.165, 1.54) is 0 Å². The van der Waals surface area contributed by atoms with Crippen LogP contribution in [0.1, 0.15) is 22.8 Å². The topological polar surface area (TPSA) is 107 Å². The summed E-state index contributed by atoms with van der Waals surface area (Å²) in [6, 6.07) is 47.1. The Morgan fingerprint density at radius 3 is 1.25 bits per heavy atom. The van der Waals surface area contributed by atoms with Crippen LogP contribution in [0.3, 0.4) is 0 Å². The fraction of sp³-hybridized carbons (Fsp3) is 0.0217. The van der Waals surface area contributed by atoms with Gasteiger partial charge in [-0.2, -0.15) is 0 Å². The fourth-order valence-electron chi connectivity index (χ4n) is 7.24. The molecular formula is C46H33N5O2. The van der Waals surface area contributed by atoms with Crippen LogP contribution >= 0.6 is 0 Å². The van der Waals surface area contributed by atoms with Crippen molar-refractivity contribution in [3.8, 4) is 44.5 Å². The number of aromatic nitrogens is 4. The van der Waals surface area contributed by atoms with Crippen molar-refractivity contribution >= 4 is 58.0 Å². The van der Waals surface area contributed by atoms with Crippen LogP contribution in [0.15, 0.2) is 140 Å². The van der Waals surface area contributed by atoms with E-state index in [4.69, 9.17) is 9.97 Å². The van der Waals surface area contributed by atoms with Crippen LogP contribution in [0, 0.1) is 0 Å². The predicted octanol–water partition coefficient (Wildman–Crippen LogP) is 10.8. The van der Waals surface area contributed by atoms with Crippen LogP contribution in [-0.4, -0.2) is 37.6 Å². The third-order valence-corrected chi connectivity index (χ3v) is 9.57. The maximum atomic E-state index is 11.7. The van der Waals surface area contributed by atoms with E-state index in [2.05, 4.69) is 106 Å². The summed E-state index contributed by atoms with van der Waals surface area (Å²) in [7, 11) is 0. The van der Waals surface area contributed by atoms with Gasteiger partial charge >= 0.3 is 5.97 Å². The third-order valence-electron chi connectivity index (χ3n) is 9.57. The monoisotopic (exact) mass is 687 g/mol. The maximum absolute atomic E-state index is 11.7. The molecule has 7 heteroatoms. The lowest BCUT2D eigenvalue weighted by molar-refractivity contribution is -0.134. The van der Waals surface area contributed by atoms with E-state index < -0.39 is 5.97 Å². The third kappa shape index (κ3) is 6.00. The number of rotatable bonds is 7. The minimum Gasteiger partial charge on any atom is -0.480 e. The predicted molar refractivity (Wildman–Crippen MR) is 217 cm³/mol. The van der Waals surface area contributed by atoms with E-state index in [9.17, 15) is 9.90 Å². The minimum absolute atomic E-state index is 0.222. The first-order valence-corrected chi connectivity index (χ1v) is 17.5.